The molecule has 0 aliphatic carbocycles. The minimum Gasteiger partial charge on any atom is -0.271 e. The van der Waals surface area contributed by atoms with Crippen LogP contribution in [-0.2, 0) is 6.54 Å². The molecule has 0 aliphatic rings. The number of thiol groups is 1. The maximum Gasteiger partial charge on any atom is 0.0814 e. The third kappa shape index (κ3) is 2.42. The Kier molecular flexibility index (Phi) is 3.47. The highest BCUT2D eigenvalue weighted by Crippen LogP contribution is 2.13. The maximum atomic E-state index is 5.85. The lowest BCUT2D eigenvalue weighted by Crippen LogP contribution is -2.09. The molecular formula is C8H13ClN2S. The zero-order chi connectivity index (χ0) is 9.14. The van der Waals surface area contributed by atoms with Crippen molar-refractivity contribution in [1.82, 2.24) is 9.78 Å². The molecule has 0 spiro atoms. The SMILES string of the molecule is Cc1nn(CC(C)CS)cc1Cl. The molecule has 0 aliphatic heterocycles. The highest BCUT2D eigenvalue weighted by atomic mass is 35.5. The lowest BCUT2D eigenvalue weighted by atomic mass is 10.2. The molecule has 0 aromatic carbocycles. The Balaban J connectivity index is 2.64. The quantitative estimate of drug-likeness (QED) is 0.749. The first-order valence-corrected chi connectivity index (χ1v) is 4.95. The van der Waals surface area contributed by atoms with Gasteiger partial charge in [0.1, 0.15) is 0 Å². The second kappa shape index (κ2) is 4.19. The van der Waals surface area contributed by atoms with Gasteiger partial charge in [0.2, 0.25) is 0 Å². The van der Waals surface area contributed by atoms with E-state index in [1.165, 1.54) is 0 Å². The Bertz CT molecular complexity index is 240. The molecule has 12 heavy (non-hydrogen) atoms. The van der Waals surface area contributed by atoms with E-state index in [9.17, 15) is 0 Å². The van der Waals surface area contributed by atoms with Gasteiger partial charge in [-0.25, -0.2) is 0 Å². The van der Waals surface area contributed by atoms with Crippen molar-refractivity contribution >= 4 is 24.2 Å². The van der Waals surface area contributed by atoms with E-state index in [2.05, 4.69) is 24.7 Å². The lowest BCUT2D eigenvalue weighted by Gasteiger charge is -2.06. The van der Waals surface area contributed by atoms with E-state index >= 15 is 0 Å². The summed E-state index contributed by atoms with van der Waals surface area (Å²) in [7, 11) is 0. The average Bonchev–Trinajstić information content (AvgIpc) is 2.31. The first-order chi connectivity index (χ1) is 5.63. The van der Waals surface area contributed by atoms with Crippen molar-refractivity contribution in [3.05, 3.63) is 16.9 Å². The summed E-state index contributed by atoms with van der Waals surface area (Å²) < 4.78 is 1.87. The number of aromatic nitrogens is 2. The molecule has 0 saturated carbocycles. The van der Waals surface area contributed by atoms with Crippen molar-refractivity contribution < 1.29 is 0 Å². The summed E-state index contributed by atoms with van der Waals surface area (Å²) in [6.45, 7) is 4.93. The van der Waals surface area contributed by atoms with Gasteiger partial charge in [-0.1, -0.05) is 18.5 Å². The van der Waals surface area contributed by atoms with Crippen LogP contribution in [0, 0.1) is 12.8 Å². The lowest BCUT2D eigenvalue weighted by molar-refractivity contribution is 0.488. The van der Waals surface area contributed by atoms with Gasteiger partial charge in [-0.2, -0.15) is 17.7 Å². The fraction of sp³-hybridized carbons (Fsp3) is 0.625. The molecule has 2 nitrogen and oxygen atoms in total. The van der Waals surface area contributed by atoms with E-state index in [0.29, 0.717) is 5.92 Å². The molecule has 0 fully saturated rings. The van der Waals surface area contributed by atoms with Gasteiger partial charge in [-0.3, -0.25) is 4.68 Å². The van der Waals surface area contributed by atoms with Crippen molar-refractivity contribution in [1.29, 1.82) is 0 Å². The van der Waals surface area contributed by atoms with Gasteiger partial charge in [0.15, 0.2) is 0 Å². The topological polar surface area (TPSA) is 17.8 Å². The Morgan fingerprint density at radius 2 is 2.42 bits per heavy atom. The van der Waals surface area contributed by atoms with Crippen LogP contribution in [0.15, 0.2) is 6.20 Å². The van der Waals surface area contributed by atoms with E-state index in [1.807, 2.05) is 17.8 Å². The summed E-state index contributed by atoms with van der Waals surface area (Å²) in [4.78, 5) is 0. The van der Waals surface area contributed by atoms with Crippen LogP contribution in [0.2, 0.25) is 5.02 Å². The van der Waals surface area contributed by atoms with Gasteiger partial charge in [0.05, 0.1) is 10.7 Å². The molecule has 0 N–H and O–H groups in total. The molecule has 0 bridgehead atoms. The third-order valence-electron chi connectivity index (χ3n) is 1.70. The Labute approximate surface area is 83.3 Å². The van der Waals surface area contributed by atoms with Crippen molar-refractivity contribution in [3.8, 4) is 0 Å². The largest absolute Gasteiger partial charge is 0.271 e. The smallest absolute Gasteiger partial charge is 0.0814 e. The molecular weight excluding hydrogens is 192 g/mol. The number of aryl methyl sites for hydroxylation is 1. The molecule has 0 radical (unpaired) electrons. The molecule has 1 aromatic heterocycles. The van der Waals surface area contributed by atoms with Crippen LogP contribution in [0.5, 0.6) is 0 Å². The Hall–Kier alpha value is -0.150. The van der Waals surface area contributed by atoms with E-state index in [1.54, 1.807) is 0 Å². The zero-order valence-electron chi connectivity index (χ0n) is 7.29. The van der Waals surface area contributed by atoms with E-state index in [-0.39, 0.29) is 0 Å². The van der Waals surface area contributed by atoms with Gasteiger partial charge in [0, 0.05) is 12.7 Å². The van der Waals surface area contributed by atoms with Gasteiger partial charge >= 0.3 is 0 Å². The average molecular weight is 205 g/mol. The van der Waals surface area contributed by atoms with E-state index in [4.69, 9.17) is 11.6 Å². The zero-order valence-corrected chi connectivity index (χ0v) is 8.94. The van der Waals surface area contributed by atoms with Crippen LogP contribution < -0.4 is 0 Å². The molecule has 1 rings (SSSR count). The summed E-state index contributed by atoms with van der Waals surface area (Å²) in [5, 5.41) is 4.99. The summed E-state index contributed by atoms with van der Waals surface area (Å²) in [5.74, 6) is 1.40. The van der Waals surface area contributed by atoms with Crippen molar-refractivity contribution in [2.45, 2.75) is 20.4 Å². The predicted octanol–water partition coefficient (Wildman–Crippen LogP) is 2.41. The fourth-order valence-corrected chi connectivity index (χ4v) is 1.23. The summed E-state index contributed by atoms with van der Waals surface area (Å²) in [6.07, 6.45) is 1.86. The highest BCUT2D eigenvalue weighted by molar-refractivity contribution is 7.80. The minimum absolute atomic E-state index is 0.531. The summed E-state index contributed by atoms with van der Waals surface area (Å²) in [6, 6.07) is 0. The van der Waals surface area contributed by atoms with Gasteiger partial charge < -0.3 is 0 Å². The first kappa shape index (κ1) is 9.93. The highest BCUT2D eigenvalue weighted by Gasteiger charge is 2.04. The van der Waals surface area contributed by atoms with Crippen molar-refractivity contribution in [3.63, 3.8) is 0 Å². The maximum absolute atomic E-state index is 5.85. The van der Waals surface area contributed by atoms with Gasteiger partial charge in [-0.05, 0) is 18.6 Å². The second-order valence-corrected chi connectivity index (χ2v) is 3.84. The third-order valence-corrected chi connectivity index (χ3v) is 2.69. The van der Waals surface area contributed by atoms with Crippen LogP contribution in [0.4, 0.5) is 0 Å². The Morgan fingerprint density at radius 1 is 1.75 bits per heavy atom. The molecule has 4 heteroatoms. The first-order valence-electron chi connectivity index (χ1n) is 3.94. The van der Waals surface area contributed by atoms with E-state index in [0.717, 1.165) is 23.0 Å². The predicted molar refractivity (Wildman–Crippen MR) is 55.0 cm³/mol. The second-order valence-electron chi connectivity index (χ2n) is 3.07. The van der Waals surface area contributed by atoms with E-state index < -0.39 is 0 Å². The Morgan fingerprint density at radius 3 is 2.83 bits per heavy atom. The van der Waals surface area contributed by atoms with Gasteiger partial charge in [-0.15, -0.1) is 0 Å². The van der Waals surface area contributed by atoms with Crippen LogP contribution in [0.1, 0.15) is 12.6 Å². The molecule has 1 unspecified atom stereocenters. The fourth-order valence-electron chi connectivity index (χ4n) is 0.964. The van der Waals surface area contributed by atoms with Gasteiger partial charge in [0.25, 0.3) is 0 Å². The molecule has 68 valence electrons. The summed E-state index contributed by atoms with van der Waals surface area (Å²) >= 11 is 10.1. The minimum atomic E-state index is 0.531. The van der Waals surface area contributed by atoms with Crippen LogP contribution in [0.25, 0.3) is 0 Å². The number of hydrogen-bond donors (Lipinski definition) is 1. The number of nitrogens with zero attached hydrogens (tertiary/aromatic N) is 2. The number of rotatable bonds is 3. The molecule has 1 aromatic rings. The van der Waals surface area contributed by atoms with Crippen molar-refractivity contribution in [2.24, 2.45) is 5.92 Å². The number of hydrogen-bond acceptors (Lipinski definition) is 2. The van der Waals surface area contributed by atoms with Crippen LogP contribution in [0.3, 0.4) is 0 Å². The molecule has 1 heterocycles. The molecule has 1 atom stereocenters. The monoisotopic (exact) mass is 204 g/mol. The molecule has 0 saturated heterocycles. The standard InChI is InChI=1S/C8H13ClN2S/c1-6(5-12)3-11-4-8(9)7(2)10-11/h4,6,12H,3,5H2,1-2H3. The van der Waals surface area contributed by atoms with Crippen molar-refractivity contribution in [2.75, 3.05) is 5.75 Å². The molecule has 0 amide bonds. The van der Waals surface area contributed by atoms with Crippen LogP contribution in [-0.4, -0.2) is 15.5 Å². The van der Waals surface area contributed by atoms with Crippen LogP contribution >= 0.6 is 24.2 Å². The normalized spacial score (nSPS) is 13.3. The number of halogens is 1. The summed E-state index contributed by atoms with van der Waals surface area (Å²) in [5.41, 5.74) is 0.892.